The molecule has 16 nitrogen and oxygen atoms in total. The number of hydrogen-bond acceptors (Lipinski definition) is 8. The molecule has 0 saturated heterocycles. The third-order valence-corrected chi connectivity index (χ3v) is 4.32. The first-order valence-corrected chi connectivity index (χ1v) is 10.2. The summed E-state index contributed by atoms with van der Waals surface area (Å²) < 4.78 is 0. The molecule has 0 saturated carbocycles. The van der Waals surface area contributed by atoms with Crippen molar-refractivity contribution < 1.29 is 39.0 Å². The van der Waals surface area contributed by atoms with Crippen molar-refractivity contribution in [3.63, 3.8) is 0 Å². The average molecular weight is 489 g/mol. The summed E-state index contributed by atoms with van der Waals surface area (Å²) in [6.45, 7) is -0.474. The number of guanidine groups is 1. The van der Waals surface area contributed by atoms with Crippen LogP contribution in [-0.2, 0) is 28.8 Å². The van der Waals surface area contributed by atoms with Crippen LogP contribution in [0.5, 0.6) is 0 Å². The minimum atomic E-state index is -1.39. The second-order valence-electron chi connectivity index (χ2n) is 7.23. The highest BCUT2D eigenvalue weighted by molar-refractivity contribution is 5.92. The van der Waals surface area contributed by atoms with Crippen LogP contribution in [0, 0.1) is 0 Å². The zero-order chi connectivity index (χ0) is 26.3. The SMILES string of the molecule is NC(=O)CCC(NC(=O)CNC(=O)C(CCCN=C(N)N)NC(=O)C(N)CCC(=O)O)C(=O)O. The Morgan fingerprint density at radius 2 is 1.47 bits per heavy atom. The summed E-state index contributed by atoms with van der Waals surface area (Å²) in [6, 6.07) is -3.73. The predicted molar refractivity (Wildman–Crippen MR) is 118 cm³/mol. The van der Waals surface area contributed by atoms with Crippen molar-refractivity contribution in [3.05, 3.63) is 0 Å². The lowest BCUT2D eigenvalue weighted by Gasteiger charge is -2.21. The molecule has 13 N–H and O–H groups in total. The Morgan fingerprint density at radius 3 is 2.00 bits per heavy atom. The summed E-state index contributed by atoms with van der Waals surface area (Å²) in [7, 11) is 0. The fraction of sp³-hybridized carbons (Fsp3) is 0.611. The van der Waals surface area contributed by atoms with Crippen molar-refractivity contribution in [1.82, 2.24) is 16.0 Å². The molecule has 0 aromatic rings. The fourth-order valence-corrected chi connectivity index (χ4v) is 2.54. The van der Waals surface area contributed by atoms with E-state index in [1.54, 1.807) is 0 Å². The van der Waals surface area contributed by atoms with Gasteiger partial charge in [0.05, 0.1) is 12.6 Å². The molecule has 4 amide bonds. The molecule has 0 fully saturated rings. The van der Waals surface area contributed by atoms with Crippen LogP contribution in [0.15, 0.2) is 4.99 Å². The van der Waals surface area contributed by atoms with Gasteiger partial charge >= 0.3 is 11.9 Å². The molecule has 0 spiro atoms. The van der Waals surface area contributed by atoms with Crippen LogP contribution in [0.4, 0.5) is 0 Å². The van der Waals surface area contributed by atoms with Crippen LogP contribution in [0.25, 0.3) is 0 Å². The van der Waals surface area contributed by atoms with Gasteiger partial charge in [0.15, 0.2) is 5.96 Å². The minimum Gasteiger partial charge on any atom is -0.481 e. The van der Waals surface area contributed by atoms with E-state index < -0.39 is 60.2 Å². The number of nitrogens with zero attached hydrogens (tertiary/aromatic N) is 1. The van der Waals surface area contributed by atoms with Gasteiger partial charge in [0, 0.05) is 19.4 Å². The van der Waals surface area contributed by atoms with Gasteiger partial charge in [0.1, 0.15) is 12.1 Å². The number of carboxylic acid groups (broad SMARTS) is 2. The van der Waals surface area contributed by atoms with Crippen molar-refractivity contribution in [2.45, 2.75) is 56.7 Å². The maximum Gasteiger partial charge on any atom is 0.326 e. The second-order valence-corrected chi connectivity index (χ2v) is 7.23. The number of carbonyl (C=O) groups excluding carboxylic acids is 4. The number of primary amides is 1. The first kappa shape index (κ1) is 30.1. The Hall–Kier alpha value is -3.95. The summed E-state index contributed by atoms with van der Waals surface area (Å²) in [5.74, 6) is -5.84. The normalized spacial score (nSPS) is 13.0. The van der Waals surface area contributed by atoms with E-state index in [0.29, 0.717) is 0 Å². The number of hydrogen-bond donors (Lipinski definition) is 9. The lowest BCUT2D eigenvalue weighted by molar-refractivity contribution is -0.142. The molecule has 0 aromatic heterocycles. The van der Waals surface area contributed by atoms with Crippen LogP contribution in [0.1, 0.15) is 38.5 Å². The van der Waals surface area contributed by atoms with E-state index in [2.05, 4.69) is 20.9 Å². The van der Waals surface area contributed by atoms with Crippen LogP contribution < -0.4 is 38.9 Å². The Morgan fingerprint density at radius 1 is 0.824 bits per heavy atom. The molecule has 0 radical (unpaired) electrons. The van der Waals surface area contributed by atoms with Gasteiger partial charge in [0.25, 0.3) is 0 Å². The highest BCUT2D eigenvalue weighted by atomic mass is 16.4. The number of carbonyl (C=O) groups is 6. The van der Waals surface area contributed by atoms with E-state index in [-0.39, 0.29) is 51.0 Å². The number of rotatable bonds is 17. The zero-order valence-corrected chi connectivity index (χ0v) is 18.5. The number of carboxylic acids is 2. The Kier molecular flexibility index (Phi) is 14.0. The maximum absolute atomic E-state index is 12.5. The molecule has 0 aliphatic heterocycles. The first-order chi connectivity index (χ1) is 15.8. The van der Waals surface area contributed by atoms with Gasteiger partial charge in [-0.25, -0.2) is 4.79 Å². The van der Waals surface area contributed by atoms with Crippen molar-refractivity contribution >= 4 is 41.5 Å². The molecule has 3 unspecified atom stereocenters. The Bertz CT molecular complexity index is 784. The van der Waals surface area contributed by atoms with Gasteiger partial charge in [-0.3, -0.25) is 29.0 Å². The average Bonchev–Trinajstić information content (AvgIpc) is 2.74. The lowest BCUT2D eigenvalue weighted by Crippen LogP contribution is -2.53. The Balaban J connectivity index is 5.00. The first-order valence-electron chi connectivity index (χ1n) is 10.2. The van der Waals surface area contributed by atoms with E-state index in [4.69, 9.17) is 33.1 Å². The van der Waals surface area contributed by atoms with Crippen molar-refractivity contribution in [1.29, 1.82) is 0 Å². The van der Waals surface area contributed by atoms with E-state index in [1.807, 2.05) is 0 Å². The van der Waals surface area contributed by atoms with Crippen LogP contribution in [0.3, 0.4) is 0 Å². The molecule has 16 heteroatoms. The largest absolute Gasteiger partial charge is 0.481 e. The monoisotopic (exact) mass is 488 g/mol. The van der Waals surface area contributed by atoms with Gasteiger partial charge in [0.2, 0.25) is 23.6 Å². The van der Waals surface area contributed by atoms with Crippen LogP contribution in [0.2, 0.25) is 0 Å². The molecule has 0 aromatic carbocycles. The molecule has 0 aliphatic rings. The quantitative estimate of drug-likeness (QED) is 0.0535. The topological polar surface area (TPSA) is 295 Å². The smallest absolute Gasteiger partial charge is 0.326 e. The highest BCUT2D eigenvalue weighted by Crippen LogP contribution is 2.02. The van der Waals surface area contributed by atoms with Gasteiger partial charge in [-0.1, -0.05) is 0 Å². The van der Waals surface area contributed by atoms with E-state index >= 15 is 0 Å². The van der Waals surface area contributed by atoms with Crippen LogP contribution in [-0.4, -0.2) is 83.0 Å². The molecule has 0 rings (SSSR count). The summed E-state index contributed by atoms with van der Waals surface area (Å²) >= 11 is 0. The van der Waals surface area contributed by atoms with Crippen molar-refractivity contribution in [2.24, 2.45) is 27.9 Å². The molecule has 3 atom stereocenters. The third kappa shape index (κ3) is 14.2. The van der Waals surface area contributed by atoms with Crippen molar-refractivity contribution in [3.8, 4) is 0 Å². The zero-order valence-electron chi connectivity index (χ0n) is 18.5. The number of amides is 4. The summed E-state index contributed by atoms with van der Waals surface area (Å²) in [6.07, 6.45) is -0.693. The third-order valence-electron chi connectivity index (χ3n) is 4.32. The molecule has 0 bridgehead atoms. The molecular weight excluding hydrogens is 456 g/mol. The van der Waals surface area contributed by atoms with Gasteiger partial charge < -0.3 is 49.1 Å². The lowest BCUT2D eigenvalue weighted by atomic mass is 10.1. The highest BCUT2D eigenvalue weighted by Gasteiger charge is 2.25. The molecule has 192 valence electrons. The van der Waals surface area contributed by atoms with Crippen molar-refractivity contribution in [2.75, 3.05) is 13.1 Å². The Labute approximate surface area is 194 Å². The molecule has 0 aliphatic carbocycles. The molecular formula is C18H32N8O8. The van der Waals surface area contributed by atoms with Gasteiger partial charge in [-0.05, 0) is 25.7 Å². The fourth-order valence-electron chi connectivity index (χ4n) is 2.54. The molecule has 34 heavy (non-hydrogen) atoms. The number of nitrogens with one attached hydrogen (secondary N) is 3. The summed E-state index contributed by atoms with van der Waals surface area (Å²) in [5, 5.41) is 24.6. The summed E-state index contributed by atoms with van der Waals surface area (Å²) in [5.41, 5.74) is 21.1. The van der Waals surface area contributed by atoms with Gasteiger partial charge in [-0.15, -0.1) is 0 Å². The summed E-state index contributed by atoms with van der Waals surface area (Å²) in [4.78, 5) is 73.2. The molecule has 0 heterocycles. The van der Waals surface area contributed by atoms with E-state index in [9.17, 15) is 28.8 Å². The number of aliphatic imine (C=N–C) groups is 1. The second kappa shape index (κ2) is 15.8. The van der Waals surface area contributed by atoms with Gasteiger partial charge in [-0.2, -0.15) is 0 Å². The maximum atomic E-state index is 12.5. The predicted octanol–water partition coefficient (Wildman–Crippen LogP) is -4.33. The standard InChI is InChI=1S/C18H32N8O8/c19-9(3-6-14(29)30)15(31)26-10(2-1-7-23-18(21)22)16(32)24-8-13(28)25-11(17(33)34)4-5-12(20)27/h9-11H,1-8,19H2,(H2,20,27)(H,24,32)(H,25,28)(H,26,31)(H,29,30)(H,33,34)(H4,21,22,23). The minimum absolute atomic E-state index is 0.0536. The van der Waals surface area contributed by atoms with E-state index in [1.165, 1.54) is 0 Å². The number of nitrogens with two attached hydrogens (primary N) is 4. The number of aliphatic carboxylic acids is 2. The van der Waals surface area contributed by atoms with Crippen LogP contribution >= 0.6 is 0 Å². The van der Waals surface area contributed by atoms with E-state index in [0.717, 1.165) is 0 Å².